The molecule has 1 saturated heterocycles. The van der Waals surface area contributed by atoms with Gasteiger partial charge in [0, 0.05) is 24.0 Å². The highest BCUT2D eigenvalue weighted by Gasteiger charge is 2.20. The van der Waals surface area contributed by atoms with Crippen molar-refractivity contribution in [1.82, 2.24) is 4.98 Å². The summed E-state index contributed by atoms with van der Waals surface area (Å²) in [6.07, 6.45) is 3.11. The summed E-state index contributed by atoms with van der Waals surface area (Å²) >= 11 is 1.76. The first kappa shape index (κ1) is 11.0. The Balaban J connectivity index is 2.16. The number of aryl methyl sites for hydroxylation is 1. The van der Waals surface area contributed by atoms with E-state index in [1.807, 2.05) is 0 Å². The van der Waals surface area contributed by atoms with Gasteiger partial charge in [-0.2, -0.15) is 0 Å². The molecule has 1 fully saturated rings. The summed E-state index contributed by atoms with van der Waals surface area (Å²) in [7, 11) is 0. The molecule has 0 saturated carbocycles. The van der Waals surface area contributed by atoms with Crippen molar-refractivity contribution in [3.8, 4) is 0 Å². The summed E-state index contributed by atoms with van der Waals surface area (Å²) in [5, 5.41) is 10.4. The van der Waals surface area contributed by atoms with E-state index in [1.54, 1.807) is 11.3 Å². The molecule has 1 aromatic rings. The van der Waals surface area contributed by atoms with Crippen LogP contribution in [0.2, 0.25) is 0 Å². The first-order chi connectivity index (χ1) is 7.35. The van der Waals surface area contributed by atoms with Gasteiger partial charge >= 0.3 is 0 Å². The largest absolute Gasteiger partial charge is 0.390 e. The highest BCUT2D eigenvalue weighted by atomic mass is 32.1. The summed E-state index contributed by atoms with van der Waals surface area (Å²) in [6, 6.07) is 0. The van der Waals surface area contributed by atoms with Crippen LogP contribution in [0.25, 0.3) is 0 Å². The third-order valence-electron chi connectivity index (χ3n) is 2.84. The fraction of sp³-hybridized carbons (Fsp3) is 0.727. The van der Waals surface area contributed by atoms with E-state index in [0.29, 0.717) is 5.92 Å². The minimum Gasteiger partial charge on any atom is -0.390 e. The summed E-state index contributed by atoms with van der Waals surface area (Å²) in [5.74, 6) is 0.550. The summed E-state index contributed by atoms with van der Waals surface area (Å²) in [6.45, 7) is 3.88. The van der Waals surface area contributed by atoms with Gasteiger partial charge in [0.2, 0.25) is 0 Å². The lowest BCUT2D eigenvalue weighted by atomic mass is 10.0. The number of hydrogen-bond donors (Lipinski definition) is 1. The monoisotopic (exact) mass is 227 g/mol. The molecule has 2 rings (SSSR count). The van der Waals surface area contributed by atoms with Crippen LogP contribution in [0.15, 0.2) is 0 Å². The Hall–Kier alpha value is -0.450. The van der Waals surface area contributed by atoms with E-state index in [1.165, 1.54) is 9.88 Å². The Morgan fingerprint density at radius 3 is 2.73 bits per heavy atom. The number of thiazole rings is 1. The minimum atomic E-state index is 0.0723. The van der Waals surface area contributed by atoms with Gasteiger partial charge in [0.05, 0.1) is 17.3 Å². The number of rotatable bonds is 3. The molecule has 1 aliphatic rings. The molecular formula is C11H17NO2S. The molecule has 0 atom stereocenters. The average molecular weight is 227 g/mol. The minimum absolute atomic E-state index is 0.0723. The summed E-state index contributed by atoms with van der Waals surface area (Å²) in [5.41, 5.74) is 0.879. The molecule has 3 nitrogen and oxygen atoms in total. The van der Waals surface area contributed by atoms with E-state index < -0.39 is 0 Å². The molecule has 1 aromatic heterocycles. The van der Waals surface area contributed by atoms with E-state index in [-0.39, 0.29) is 6.61 Å². The van der Waals surface area contributed by atoms with Gasteiger partial charge in [-0.05, 0) is 19.3 Å². The number of nitrogens with zero attached hydrogens (tertiary/aromatic N) is 1. The van der Waals surface area contributed by atoms with Crippen molar-refractivity contribution in [3.05, 3.63) is 15.6 Å². The first-order valence-corrected chi connectivity index (χ1v) is 6.33. The quantitative estimate of drug-likeness (QED) is 0.859. The van der Waals surface area contributed by atoms with E-state index in [2.05, 4.69) is 11.9 Å². The van der Waals surface area contributed by atoms with Crippen LogP contribution in [0.4, 0.5) is 0 Å². The van der Waals surface area contributed by atoms with E-state index in [9.17, 15) is 5.11 Å². The predicted molar refractivity (Wildman–Crippen MR) is 60.2 cm³/mol. The molecule has 1 aliphatic heterocycles. The molecule has 0 unspecified atom stereocenters. The van der Waals surface area contributed by atoms with Crippen molar-refractivity contribution in [2.45, 2.75) is 38.7 Å². The number of hydrogen-bond acceptors (Lipinski definition) is 4. The van der Waals surface area contributed by atoms with Gasteiger partial charge in [0.25, 0.3) is 0 Å². The molecule has 0 bridgehead atoms. The van der Waals surface area contributed by atoms with Crippen molar-refractivity contribution in [3.63, 3.8) is 0 Å². The average Bonchev–Trinajstić information content (AvgIpc) is 2.73. The van der Waals surface area contributed by atoms with Crippen molar-refractivity contribution in [2.24, 2.45) is 0 Å². The van der Waals surface area contributed by atoms with Gasteiger partial charge in [0.15, 0.2) is 0 Å². The highest BCUT2D eigenvalue weighted by molar-refractivity contribution is 7.11. The zero-order valence-corrected chi connectivity index (χ0v) is 9.85. The Morgan fingerprint density at radius 2 is 2.20 bits per heavy atom. The highest BCUT2D eigenvalue weighted by Crippen LogP contribution is 2.32. The molecule has 0 aromatic carbocycles. The number of aromatic nitrogens is 1. The number of aliphatic hydroxyl groups is 1. The van der Waals surface area contributed by atoms with Gasteiger partial charge in [-0.25, -0.2) is 4.98 Å². The second-order valence-corrected chi connectivity index (χ2v) is 4.94. The fourth-order valence-electron chi connectivity index (χ4n) is 1.92. The maximum absolute atomic E-state index is 9.18. The van der Waals surface area contributed by atoms with Crippen LogP contribution in [-0.4, -0.2) is 23.3 Å². The summed E-state index contributed by atoms with van der Waals surface area (Å²) in [4.78, 5) is 5.77. The molecule has 0 radical (unpaired) electrons. The third-order valence-corrected chi connectivity index (χ3v) is 4.24. The Morgan fingerprint density at radius 1 is 1.47 bits per heavy atom. The fourth-order valence-corrected chi connectivity index (χ4v) is 3.11. The Labute approximate surface area is 94.1 Å². The van der Waals surface area contributed by atoms with Gasteiger partial charge in [-0.15, -0.1) is 11.3 Å². The zero-order valence-electron chi connectivity index (χ0n) is 9.03. The maximum Gasteiger partial charge on any atom is 0.0964 e. The molecule has 0 aliphatic carbocycles. The lowest BCUT2D eigenvalue weighted by Gasteiger charge is -2.19. The third kappa shape index (κ3) is 2.38. The second-order valence-electron chi connectivity index (χ2n) is 3.82. The van der Waals surface area contributed by atoms with E-state index >= 15 is 0 Å². The molecule has 4 heteroatoms. The molecule has 15 heavy (non-hydrogen) atoms. The first-order valence-electron chi connectivity index (χ1n) is 5.52. The zero-order chi connectivity index (χ0) is 10.7. The van der Waals surface area contributed by atoms with Crippen LogP contribution in [0, 0.1) is 0 Å². The molecule has 84 valence electrons. The molecule has 0 spiro atoms. The van der Waals surface area contributed by atoms with E-state index in [4.69, 9.17) is 4.74 Å². The lowest BCUT2D eigenvalue weighted by molar-refractivity contribution is 0.0852. The normalized spacial score (nSPS) is 18.3. The summed E-state index contributed by atoms with van der Waals surface area (Å²) < 4.78 is 5.34. The SMILES string of the molecule is CCc1sc(C2CCOCC2)nc1CO. The number of ether oxygens (including phenoxy) is 1. The smallest absolute Gasteiger partial charge is 0.0964 e. The topological polar surface area (TPSA) is 42.4 Å². The maximum atomic E-state index is 9.18. The van der Waals surface area contributed by atoms with Gasteiger partial charge in [-0.1, -0.05) is 6.92 Å². The molecule has 1 N–H and O–H groups in total. The Kier molecular flexibility index (Phi) is 3.72. The van der Waals surface area contributed by atoms with Gasteiger partial charge in [0.1, 0.15) is 0 Å². The van der Waals surface area contributed by atoms with Gasteiger partial charge in [-0.3, -0.25) is 0 Å². The Bertz CT molecular complexity index is 297. The van der Waals surface area contributed by atoms with Crippen molar-refractivity contribution in [1.29, 1.82) is 0 Å². The van der Waals surface area contributed by atoms with Crippen molar-refractivity contribution < 1.29 is 9.84 Å². The second kappa shape index (κ2) is 5.05. The van der Waals surface area contributed by atoms with Crippen LogP contribution in [0.3, 0.4) is 0 Å². The van der Waals surface area contributed by atoms with Crippen LogP contribution in [0.5, 0.6) is 0 Å². The lowest BCUT2D eigenvalue weighted by Crippen LogP contribution is -2.13. The molecular weight excluding hydrogens is 210 g/mol. The van der Waals surface area contributed by atoms with Crippen LogP contribution < -0.4 is 0 Å². The number of aliphatic hydroxyl groups excluding tert-OH is 1. The predicted octanol–water partition coefficient (Wildman–Crippen LogP) is 2.09. The van der Waals surface area contributed by atoms with Crippen molar-refractivity contribution in [2.75, 3.05) is 13.2 Å². The van der Waals surface area contributed by atoms with Crippen molar-refractivity contribution >= 4 is 11.3 Å². The van der Waals surface area contributed by atoms with Gasteiger partial charge < -0.3 is 9.84 Å². The standard InChI is InChI=1S/C11H17NO2S/c1-2-10-9(7-13)12-11(15-10)8-3-5-14-6-4-8/h8,13H,2-7H2,1H3. The van der Waals surface area contributed by atoms with E-state index in [0.717, 1.165) is 38.2 Å². The van der Waals surface area contributed by atoms with Crippen LogP contribution >= 0.6 is 11.3 Å². The van der Waals surface area contributed by atoms with Crippen LogP contribution in [-0.2, 0) is 17.8 Å². The van der Waals surface area contributed by atoms with Crippen LogP contribution in [0.1, 0.15) is 41.3 Å². The molecule has 2 heterocycles. The molecule has 0 amide bonds.